The van der Waals surface area contributed by atoms with Crippen molar-refractivity contribution in [1.82, 2.24) is 4.98 Å². The summed E-state index contributed by atoms with van der Waals surface area (Å²) in [6.07, 6.45) is 1.94. The molecule has 4 heteroatoms. The van der Waals surface area contributed by atoms with Crippen LogP contribution in [0.15, 0.2) is 41.9 Å². The average Bonchev–Trinajstić information content (AvgIpc) is 2.89. The molecule has 100 valence electrons. The van der Waals surface area contributed by atoms with E-state index in [-0.39, 0.29) is 5.78 Å². The Hall–Kier alpha value is -1.71. The summed E-state index contributed by atoms with van der Waals surface area (Å²) in [6.45, 7) is 1.98. The number of hydrogen-bond donors (Lipinski definition) is 0. The van der Waals surface area contributed by atoms with E-state index in [1.54, 1.807) is 17.5 Å². The van der Waals surface area contributed by atoms with Crippen molar-refractivity contribution >= 4 is 38.9 Å². The van der Waals surface area contributed by atoms with Crippen molar-refractivity contribution in [1.29, 1.82) is 0 Å². The number of rotatable bonds is 3. The molecule has 0 bridgehead atoms. The molecule has 2 aromatic heterocycles. The van der Waals surface area contributed by atoms with Gasteiger partial charge in [-0.3, -0.25) is 9.78 Å². The fraction of sp³-hybridized carbons (Fsp3) is 0.125. The second kappa shape index (κ2) is 5.35. The predicted molar refractivity (Wildman–Crippen MR) is 83.8 cm³/mol. The summed E-state index contributed by atoms with van der Waals surface area (Å²) in [7, 11) is 0. The zero-order chi connectivity index (χ0) is 14.1. The van der Waals surface area contributed by atoms with Gasteiger partial charge in [-0.05, 0) is 41.6 Å². The van der Waals surface area contributed by atoms with Gasteiger partial charge >= 0.3 is 0 Å². The number of Topliss-reactive ketones (excluding diaryl/α,β-unsaturated/α-hetero) is 1. The Morgan fingerprint density at radius 3 is 2.95 bits per heavy atom. The van der Waals surface area contributed by atoms with E-state index in [0.29, 0.717) is 17.0 Å². The number of pyridine rings is 1. The van der Waals surface area contributed by atoms with Crippen LogP contribution in [0.4, 0.5) is 0 Å². The molecule has 0 spiro atoms. The zero-order valence-corrected chi connectivity index (χ0v) is 12.5. The minimum Gasteiger partial charge on any atom is -0.294 e. The maximum atomic E-state index is 12.3. The quantitative estimate of drug-likeness (QED) is 0.657. The van der Waals surface area contributed by atoms with Crippen LogP contribution in [-0.4, -0.2) is 10.8 Å². The third-order valence-electron chi connectivity index (χ3n) is 3.18. The van der Waals surface area contributed by atoms with Crippen LogP contribution in [0.25, 0.3) is 10.2 Å². The molecule has 3 rings (SSSR count). The predicted octanol–water partition coefficient (Wildman–Crippen LogP) is 4.68. The summed E-state index contributed by atoms with van der Waals surface area (Å²) in [5, 5.41) is 2.62. The van der Waals surface area contributed by atoms with Gasteiger partial charge in [0.1, 0.15) is 0 Å². The molecule has 1 aromatic carbocycles. The first-order chi connectivity index (χ1) is 9.63. The summed E-state index contributed by atoms with van der Waals surface area (Å²) >= 11 is 7.76. The van der Waals surface area contributed by atoms with Gasteiger partial charge in [-0.1, -0.05) is 23.7 Å². The summed E-state index contributed by atoms with van der Waals surface area (Å²) in [5.41, 5.74) is 3.51. The Balaban J connectivity index is 1.88. The van der Waals surface area contributed by atoms with Gasteiger partial charge in [-0.15, -0.1) is 11.3 Å². The number of fused-ring (bicyclic) bond motifs is 1. The highest BCUT2D eigenvalue weighted by Crippen LogP contribution is 2.22. The van der Waals surface area contributed by atoms with Gasteiger partial charge in [0.2, 0.25) is 0 Å². The Morgan fingerprint density at radius 1 is 1.30 bits per heavy atom. The number of carbonyl (C=O) groups is 1. The SMILES string of the molecule is Cc1ccc(CC(=O)c2cnc3ccsc3c2)c(Cl)c1. The molecule has 0 aliphatic carbocycles. The van der Waals surface area contributed by atoms with Crippen LogP contribution < -0.4 is 0 Å². The number of carbonyl (C=O) groups excluding carboxylic acids is 1. The molecular formula is C16H12ClNOS. The molecule has 0 aliphatic rings. The van der Waals surface area contributed by atoms with Crippen LogP contribution in [0.3, 0.4) is 0 Å². The van der Waals surface area contributed by atoms with Gasteiger partial charge < -0.3 is 0 Å². The van der Waals surface area contributed by atoms with E-state index >= 15 is 0 Å². The van der Waals surface area contributed by atoms with Gasteiger partial charge in [0.05, 0.1) is 10.2 Å². The van der Waals surface area contributed by atoms with E-state index in [2.05, 4.69) is 4.98 Å². The number of hydrogen-bond acceptors (Lipinski definition) is 3. The lowest BCUT2D eigenvalue weighted by Crippen LogP contribution is -2.04. The van der Waals surface area contributed by atoms with E-state index in [4.69, 9.17) is 11.6 Å². The molecule has 3 aromatic rings. The number of nitrogens with zero attached hydrogens (tertiary/aromatic N) is 1. The largest absolute Gasteiger partial charge is 0.294 e. The van der Waals surface area contributed by atoms with Crippen LogP contribution in [-0.2, 0) is 6.42 Å². The first-order valence-corrected chi connectivity index (χ1v) is 7.51. The lowest BCUT2D eigenvalue weighted by Gasteiger charge is -2.05. The second-order valence-corrected chi connectivity index (χ2v) is 6.08. The van der Waals surface area contributed by atoms with Crippen molar-refractivity contribution in [3.63, 3.8) is 0 Å². The van der Waals surface area contributed by atoms with Crippen molar-refractivity contribution in [2.45, 2.75) is 13.3 Å². The van der Waals surface area contributed by atoms with Gasteiger partial charge in [0.25, 0.3) is 0 Å². The Kier molecular flexibility index (Phi) is 3.55. The van der Waals surface area contributed by atoms with Crippen LogP contribution in [0.1, 0.15) is 21.5 Å². The number of thiophene rings is 1. The molecule has 2 nitrogen and oxygen atoms in total. The van der Waals surface area contributed by atoms with Gasteiger partial charge in [-0.2, -0.15) is 0 Å². The first-order valence-electron chi connectivity index (χ1n) is 6.25. The number of aryl methyl sites for hydroxylation is 1. The highest BCUT2D eigenvalue weighted by atomic mass is 35.5. The van der Waals surface area contributed by atoms with Crippen LogP contribution in [0, 0.1) is 6.92 Å². The molecule has 0 atom stereocenters. The van der Waals surface area contributed by atoms with Gasteiger partial charge in [0, 0.05) is 23.2 Å². The molecule has 0 fully saturated rings. The third-order valence-corrected chi connectivity index (χ3v) is 4.39. The van der Waals surface area contributed by atoms with E-state index in [9.17, 15) is 4.79 Å². The molecule has 2 heterocycles. The molecule has 0 unspecified atom stereocenters. The van der Waals surface area contributed by atoms with E-state index in [1.165, 1.54) is 0 Å². The second-order valence-electron chi connectivity index (χ2n) is 4.72. The molecule has 0 saturated heterocycles. The number of ketones is 1. The molecule has 0 amide bonds. The van der Waals surface area contributed by atoms with Crippen molar-refractivity contribution in [3.8, 4) is 0 Å². The van der Waals surface area contributed by atoms with E-state index in [1.807, 2.05) is 42.6 Å². The van der Waals surface area contributed by atoms with Gasteiger partial charge in [0.15, 0.2) is 5.78 Å². The van der Waals surface area contributed by atoms with Crippen molar-refractivity contribution in [2.75, 3.05) is 0 Å². The van der Waals surface area contributed by atoms with Crippen LogP contribution in [0.2, 0.25) is 5.02 Å². The first kappa shape index (κ1) is 13.3. The maximum absolute atomic E-state index is 12.3. The summed E-state index contributed by atoms with van der Waals surface area (Å²) in [5.74, 6) is 0.0403. The van der Waals surface area contributed by atoms with Crippen molar-refractivity contribution in [2.24, 2.45) is 0 Å². The zero-order valence-electron chi connectivity index (χ0n) is 10.9. The van der Waals surface area contributed by atoms with Gasteiger partial charge in [-0.25, -0.2) is 0 Å². The average molecular weight is 302 g/mol. The molecule has 0 radical (unpaired) electrons. The standard InChI is InChI=1S/C16H12ClNOS/c1-10-2-3-11(13(17)6-10)7-15(19)12-8-16-14(18-9-12)4-5-20-16/h2-6,8-9H,7H2,1H3. The van der Waals surface area contributed by atoms with E-state index < -0.39 is 0 Å². The molecular weight excluding hydrogens is 290 g/mol. The number of halogens is 1. The van der Waals surface area contributed by atoms with Crippen LogP contribution >= 0.6 is 22.9 Å². The minimum atomic E-state index is 0.0403. The highest BCUT2D eigenvalue weighted by Gasteiger charge is 2.11. The summed E-state index contributed by atoms with van der Waals surface area (Å²) in [6, 6.07) is 9.61. The summed E-state index contributed by atoms with van der Waals surface area (Å²) < 4.78 is 1.03. The molecule has 0 saturated carbocycles. The molecule has 0 aliphatic heterocycles. The molecule has 0 N–H and O–H groups in total. The Labute approximate surface area is 126 Å². The smallest absolute Gasteiger partial charge is 0.168 e. The Morgan fingerprint density at radius 2 is 2.15 bits per heavy atom. The number of benzene rings is 1. The van der Waals surface area contributed by atoms with Crippen LogP contribution in [0.5, 0.6) is 0 Å². The number of aromatic nitrogens is 1. The normalized spacial score (nSPS) is 10.9. The van der Waals surface area contributed by atoms with E-state index in [0.717, 1.165) is 21.3 Å². The molecule has 20 heavy (non-hydrogen) atoms. The third kappa shape index (κ3) is 2.60. The fourth-order valence-corrected chi connectivity index (χ4v) is 3.15. The lowest BCUT2D eigenvalue weighted by atomic mass is 10.0. The Bertz CT molecular complexity index is 794. The minimum absolute atomic E-state index is 0.0403. The topological polar surface area (TPSA) is 30.0 Å². The fourth-order valence-electron chi connectivity index (χ4n) is 2.07. The monoisotopic (exact) mass is 301 g/mol. The summed E-state index contributed by atoms with van der Waals surface area (Å²) in [4.78, 5) is 16.6. The maximum Gasteiger partial charge on any atom is 0.168 e. The van der Waals surface area contributed by atoms with Crippen molar-refractivity contribution < 1.29 is 4.79 Å². The highest BCUT2D eigenvalue weighted by molar-refractivity contribution is 7.17. The lowest BCUT2D eigenvalue weighted by molar-refractivity contribution is 0.0993. The van der Waals surface area contributed by atoms with Crippen molar-refractivity contribution in [3.05, 3.63) is 63.6 Å².